The van der Waals surface area contributed by atoms with E-state index < -0.39 is 0 Å². The van der Waals surface area contributed by atoms with Gasteiger partial charge in [0.1, 0.15) is 0 Å². The molecule has 2 nitrogen and oxygen atoms in total. The summed E-state index contributed by atoms with van der Waals surface area (Å²) in [5.41, 5.74) is 0. The number of hydrogen-bond donors (Lipinski definition) is 1. The lowest BCUT2D eigenvalue weighted by Gasteiger charge is -2.07. The van der Waals surface area contributed by atoms with Crippen LogP contribution in [-0.4, -0.2) is 13.0 Å². The van der Waals surface area contributed by atoms with Crippen LogP contribution in [0.1, 0.15) is 33.1 Å². The highest BCUT2D eigenvalue weighted by atomic mass is 16.1. The summed E-state index contributed by atoms with van der Waals surface area (Å²) in [4.78, 5) is 9.83. The Labute approximate surface area is 63.0 Å². The minimum absolute atomic E-state index is 0.748. The molecule has 0 fully saturated rings. The Kier molecular flexibility index (Phi) is 6.24. The maximum Gasteiger partial charge on any atom is 0.207 e. The minimum atomic E-state index is 0.748. The molecule has 0 heterocycles. The molecule has 1 amide bonds. The van der Waals surface area contributed by atoms with E-state index >= 15 is 0 Å². The van der Waals surface area contributed by atoms with Crippen molar-refractivity contribution in [1.29, 1.82) is 0 Å². The van der Waals surface area contributed by atoms with Gasteiger partial charge in [-0.1, -0.05) is 26.7 Å². The summed E-state index contributed by atoms with van der Waals surface area (Å²) in [7, 11) is 0. The Morgan fingerprint density at radius 3 is 2.70 bits per heavy atom. The summed E-state index contributed by atoms with van der Waals surface area (Å²) < 4.78 is 0. The molecule has 0 rings (SSSR count). The summed E-state index contributed by atoms with van der Waals surface area (Å²) >= 11 is 0. The van der Waals surface area contributed by atoms with E-state index in [1.54, 1.807) is 0 Å². The third-order valence-corrected chi connectivity index (χ3v) is 1.65. The zero-order valence-electron chi connectivity index (χ0n) is 6.89. The second-order valence-corrected chi connectivity index (χ2v) is 2.75. The largest absolute Gasteiger partial charge is 0.359 e. The lowest BCUT2D eigenvalue weighted by molar-refractivity contribution is -0.109. The molecule has 0 saturated carbocycles. The van der Waals surface area contributed by atoms with E-state index in [1.165, 1.54) is 12.8 Å². The predicted molar refractivity (Wildman–Crippen MR) is 42.8 cm³/mol. The van der Waals surface area contributed by atoms with Gasteiger partial charge in [-0.2, -0.15) is 0 Å². The average molecular weight is 143 g/mol. The molecule has 10 heavy (non-hydrogen) atoms. The van der Waals surface area contributed by atoms with Gasteiger partial charge < -0.3 is 5.32 Å². The summed E-state index contributed by atoms with van der Waals surface area (Å²) in [6.07, 6.45) is 4.37. The lowest BCUT2D eigenvalue weighted by atomic mass is 10.0. The quantitative estimate of drug-likeness (QED) is 0.443. The molecular weight excluding hydrogens is 126 g/mol. The van der Waals surface area contributed by atoms with Crippen LogP contribution in [0.15, 0.2) is 0 Å². The van der Waals surface area contributed by atoms with Gasteiger partial charge in [0.25, 0.3) is 0 Å². The van der Waals surface area contributed by atoms with Crippen molar-refractivity contribution >= 4 is 6.41 Å². The van der Waals surface area contributed by atoms with Crippen LogP contribution >= 0.6 is 0 Å². The van der Waals surface area contributed by atoms with Crippen molar-refractivity contribution in [1.82, 2.24) is 5.32 Å². The summed E-state index contributed by atoms with van der Waals surface area (Å²) in [5, 5.41) is 2.66. The van der Waals surface area contributed by atoms with E-state index in [-0.39, 0.29) is 0 Å². The van der Waals surface area contributed by atoms with Gasteiger partial charge in [-0.15, -0.1) is 0 Å². The fourth-order valence-electron chi connectivity index (χ4n) is 1.03. The van der Waals surface area contributed by atoms with Crippen molar-refractivity contribution in [3.8, 4) is 0 Å². The first-order valence-corrected chi connectivity index (χ1v) is 3.98. The maximum atomic E-state index is 9.83. The van der Waals surface area contributed by atoms with Gasteiger partial charge in [-0.05, 0) is 12.3 Å². The molecule has 0 aliphatic carbocycles. The Morgan fingerprint density at radius 1 is 1.50 bits per heavy atom. The zero-order valence-corrected chi connectivity index (χ0v) is 6.89. The molecule has 0 aliphatic heterocycles. The first kappa shape index (κ1) is 9.47. The van der Waals surface area contributed by atoms with Gasteiger partial charge in [-0.3, -0.25) is 4.79 Å². The first-order chi connectivity index (χ1) is 4.81. The third kappa shape index (κ3) is 5.60. The zero-order chi connectivity index (χ0) is 7.82. The van der Waals surface area contributed by atoms with E-state index in [2.05, 4.69) is 19.2 Å². The number of nitrogens with one attached hydrogen (secondary N) is 1. The number of rotatable bonds is 6. The van der Waals surface area contributed by atoms with Crippen molar-refractivity contribution in [3.05, 3.63) is 0 Å². The highest BCUT2D eigenvalue weighted by Gasteiger charge is 1.97. The molecule has 1 atom stereocenters. The molecule has 0 aromatic rings. The Morgan fingerprint density at radius 2 is 2.20 bits per heavy atom. The summed E-state index contributed by atoms with van der Waals surface area (Å²) in [5.74, 6) is 0.748. The fraction of sp³-hybridized carbons (Fsp3) is 0.875. The molecule has 0 saturated heterocycles. The average Bonchev–Trinajstić information content (AvgIpc) is 1.89. The number of carbonyl (C=O) groups is 1. The van der Waals surface area contributed by atoms with Gasteiger partial charge in [0.2, 0.25) is 6.41 Å². The number of amides is 1. The molecule has 0 spiro atoms. The monoisotopic (exact) mass is 143 g/mol. The molecule has 0 radical (unpaired) electrons. The molecule has 2 heteroatoms. The van der Waals surface area contributed by atoms with E-state index in [1.807, 2.05) is 0 Å². The van der Waals surface area contributed by atoms with E-state index in [0.29, 0.717) is 0 Å². The van der Waals surface area contributed by atoms with E-state index in [9.17, 15) is 4.79 Å². The molecule has 0 aliphatic rings. The predicted octanol–water partition coefficient (Wildman–Crippen LogP) is 1.56. The van der Waals surface area contributed by atoms with Gasteiger partial charge in [0.05, 0.1) is 0 Å². The van der Waals surface area contributed by atoms with Crippen LogP contribution in [0.4, 0.5) is 0 Å². The van der Waals surface area contributed by atoms with E-state index in [4.69, 9.17) is 0 Å². The first-order valence-electron chi connectivity index (χ1n) is 3.98. The molecule has 0 aromatic heterocycles. The van der Waals surface area contributed by atoms with Crippen LogP contribution in [0.2, 0.25) is 0 Å². The highest BCUT2D eigenvalue weighted by Crippen LogP contribution is 2.07. The van der Waals surface area contributed by atoms with Crippen molar-refractivity contribution in [2.24, 2.45) is 5.92 Å². The maximum absolute atomic E-state index is 9.83. The molecular formula is C8H17NO. The van der Waals surface area contributed by atoms with Gasteiger partial charge in [0.15, 0.2) is 0 Å². The van der Waals surface area contributed by atoms with Gasteiger partial charge >= 0.3 is 0 Å². The Hall–Kier alpha value is -0.530. The molecule has 1 N–H and O–H groups in total. The summed E-state index contributed by atoms with van der Waals surface area (Å²) in [6, 6.07) is 0. The van der Waals surface area contributed by atoms with Crippen LogP contribution in [0, 0.1) is 5.92 Å². The van der Waals surface area contributed by atoms with Crippen LogP contribution in [0.3, 0.4) is 0 Å². The van der Waals surface area contributed by atoms with Gasteiger partial charge in [-0.25, -0.2) is 0 Å². The smallest absolute Gasteiger partial charge is 0.207 e. The minimum Gasteiger partial charge on any atom is -0.359 e. The highest BCUT2D eigenvalue weighted by molar-refractivity contribution is 5.45. The lowest BCUT2D eigenvalue weighted by Crippen LogP contribution is -2.14. The molecule has 0 aromatic carbocycles. The molecule has 60 valence electrons. The SMILES string of the molecule is CCC[C@@H](C)CCNC=O. The Bertz CT molecular complexity index is 83.3. The second kappa shape index (κ2) is 6.59. The molecule has 0 unspecified atom stereocenters. The van der Waals surface area contributed by atoms with Crippen LogP contribution in [-0.2, 0) is 4.79 Å². The fourth-order valence-corrected chi connectivity index (χ4v) is 1.03. The number of hydrogen-bond acceptors (Lipinski definition) is 1. The third-order valence-electron chi connectivity index (χ3n) is 1.65. The number of carbonyl (C=O) groups excluding carboxylic acids is 1. The van der Waals surface area contributed by atoms with Crippen molar-refractivity contribution in [3.63, 3.8) is 0 Å². The van der Waals surface area contributed by atoms with Crippen LogP contribution in [0.5, 0.6) is 0 Å². The van der Waals surface area contributed by atoms with E-state index in [0.717, 1.165) is 25.3 Å². The van der Waals surface area contributed by atoms with Crippen molar-refractivity contribution < 1.29 is 4.79 Å². The summed E-state index contributed by atoms with van der Waals surface area (Å²) in [6.45, 7) is 5.23. The Balaban J connectivity index is 3.04. The van der Waals surface area contributed by atoms with Crippen molar-refractivity contribution in [2.75, 3.05) is 6.54 Å². The van der Waals surface area contributed by atoms with Crippen LogP contribution < -0.4 is 5.32 Å². The second-order valence-electron chi connectivity index (χ2n) is 2.75. The van der Waals surface area contributed by atoms with Crippen molar-refractivity contribution in [2.45, 2.75) is 33.1 Å². The normalized spacial score (nSPS) is 12.6. The molecule has 0 bridgehead atoms. The van der Waals surface area contributed by atoms with Crippen LogP contribution in [0.25, 0.3) is 0 Å². The topological polar surface area (TPSA) is 29.1 Å². The van der Waals surface area contributed by atoms with Gasteiger partial charge in [0, 0.05) is 6.54 Å². The standard InChI is InChI=1S/C8H17NO/c1-3-4-8(2)5-6-9-7-10/h7-8H,3-6H2,1-2H3,(H,9,10)/t8-/m1/s1.